The van der Waals surface area contributed by atoms with Crippen molar-refractivity contribution in [3.8, 4) is 11.5 Å². The number of benzene rings is 1. The number of carbonyl (C=O) groups excluding carboxylic acids is 1. The van der Waals surface area contributed by atoms with Crippen molar-refractivity contribution in [2.75, 3.05) is 7.11 Å². The molecule has 1 aliphatic heterocycles. The number of esters is 1. The lowest BCUT2D eigenvalue weighted by Gasteiger charge is -2.10. The van der Waals surface area contributed by atoms with E-state index in [-0.39, 0.29) is 34.4 Å². The minimum atomic E-state index is -3.03. The number of halogens is 2. The van der Waals surface area contributed by atoms with Gasteiger partial charge in [0.05, 0.1) is 13.2 Å². The number of hydrogen-bond acceptors (Lipinski definition) is 8. The molecular formula is C16H10F2N2O7. The Morgan fingerprint density at radius 2 is 2.04 bits per heavy atom. The van der Waals surface area contributed by atoms with E-state index < -0.39 is 23.4 Å². The van der Waals surface area contributed by atoms with E-state index in [1.807, 2.05) is 0 Å². The van der Waals surface area contributed by atoms with E-state index in [4.69, 9.17) is 13.9 Å². The number of aliphatic imine (C=N–C) groups is 1. The number of hydrogen-bond donors (Lipinski definition) is 0. The van der Waals surface area contributed by atoms with Gasteiger partial charge >= 0.3 is 18.5 Å². The maximum atomic E-state index is 12.4. The summed E-state index contributed by atoms with van der Waals surface area (Å²) < 4.78 is 44.0. The fourth-order valence-corrected chi connectivity index (χ4v) is 2.18. The molecule has 0 atom stereocenters. The van der Waals surface area contributed by atoms with E-state index in [0.717, 1.165) is 6.07 Å². The van der Waals surface area contributed by atoms with Gasteiger partial charge in [0, 0.05) is 11.6 Å². The Morgan fingerprint density at radius 1 is 1.26 bits per heavy atom. The second kappa shape index (κ2) is 7.23. The molecule has 11 heteroatoms. The van der Waals surface area contributed by atoms with Gasteiger partial charge in [-0.1, -0.05) is 0 Å². The van der Waals surface area contributed by atoms with E-state index in [2.05, 4.69) is 9.73 Å². The number of alkyl halides is 2. The van der Waals surface area contributed by atoms with Crippen molar-refractivity contribution in [2.24, 2.45) is 4.99 Å². The zero-order valence-corrected chi connectivity index (χ0v) is 13.5. The zero-order chi connectivity index (χ0) is 19.6. The number of nitro groups is 1. The Kier molecular flexibility index (Phi) is 4.83. The molecule has 0 N–H and O–H groups in total. The molecule has 1 aromatic heterocycles. The van der Waals surface area contributed by atoms with Crippen LogP contribution in [0.3, 0.4) is 0 Å². The number of methoxy groups -OCH3 is 1. The Morgan fingerprint density at radius 3 is 2.67 bits per heavy atom. The van der Waals surface area contributed by atoms with Crippen molar-refractivity contribution >= 4 is 23.8 Å². The van der Waals surface area contributed by atoms with Crippen molar-refractivity contribution in [2.45, 2.75) is 6.61 Å². The lowest BCUT2D eigenvalue weighted by Crippen LogP contribution is -2.07. The third-order valence-corrected chi connectivity index (χ3v) is 3.32. The average Bonchev–Trinajstić information content (AvgIpc) is 3.22. The molecule has 0 unspecified atom stereocenters. The molecule has 0 bridgehead atoms. The molecule has 0 aliphatic carbocycles. The van der Waals surface area contributed by atoms with Crippen molar-refractivity contribution in [1.82, 2.24) is 0 Å². The highest BCUT2D eigenvalue weighted by molar-refractivity contribution is 6.12. The number of carbonyl (C=O) groups is 1. The molecule has 27 heavy (non-hydrogen) atoms. The third kappa shape index (κ3) is 3.92. The topological polar surface area (TPSA) is 113 Å². The monoisotopic (exact) mass is 380 g/mol. The van der Waals surface area contributed by atoms with Crippen LogP contribution in [-0.4, -0.2) is 30.5 Å². The summed E-state index contributed by atoms with van der Waals surface area (Å²) in [4.78, 5) is 25.8. The molecule has 0 spiro atoms. The summed E-state index contributed by atoms with van der Waals surface area (Å²) in [5, 5.41) is 10.6. The van der Waals surface area contributed by atoms with Crippen LogP contribution < -0.4 is 9.47 Å². The lowest BCUT2D eigenvalue weighted by molar-refractivity contribution is -0.402. The van der Waals surface area contributed by atoms with E-state index in [0.29, 0.717) is 0 Å². The Bertz CT molecular complexity index is 965. The largest absolute Gasteiger partial charge is 0.493 e. The molecule has 2 heterocycles. The molecule has 0 saturated carbocycles. The minimum Gasteiger partial charge on any atom is -0.493 e. The number of cyclic esters (lactones) is 1. The van der Waals surface area contributed by atoms with Crippen LogP contribution in [0.2, 0.25) is 0 Å². The third-order valence-electron chi connectivity index (χ3n) is 3.32. The van der Waals surface area contributed by atoms with Gasteiger partial charge in [-0.3, -0.25) is 10.1 Å². The highest BCUT2D eigenvalue weighted by Gasteiger charge is 2.26. The fourth-order valence-electron chi connectivity index (χ4n) is 2.18. The van der Waals surface area contributed by atoms with Crippen LogP contribution >= 0.6 is 0 Å². The molecule has 0 amide bonds. The van der Waals surface area contributed by atoms with Crippen LogP contribution in [0.5, 0.6) is 11.5 Å². The second-order valence-electron chi connectivity index (χ2n) is 5.01. The Labute approximate surface area is 149 Å². The highest BCUT2D eigenvalue weighted by Crippen LogP contribution is 2.31. The normalized spacial score (nSPS) is 15.0. The second-order valence-corrected chi connectivity index (χ2v) is 5.01. The number of rotatable bonds is 6. The van der Waals surface area contributed by atoms with Crippen molar-refractivity contribution < 1.29 is 37.1 Å². The number of nitrogens with zero attached hydrogens (tertiary/aromatic N) is 2. The molecule has 2 aromatic rings. The van der Waals surface area contributed by atoms with Crippen LogP contribution in [0.1, 0.15) is 11.3 Å². The van der Waals surface area contributed by atoms with Gasteiger partial charge in [-0.15, -0.1) is 0 Å². The molecule has 0 saturated heterocycles. The minimum absolute atomic E-state index is 0.00867. The van der Waals surface area contributed by atoms with Crippen LogP contribution in [0.25, 0.3) is 6.08 Å². The summed E-state index contributed by atoms with van der Waals surface area (Å²) in [6.07, 6.45) is 1.17. The quantitative estimate of drug-likeness (QED) is 0.327. The SMILES string of the molecule is COc1cc(C2=N/C(=C\c3ccc([N+](=O)[O-])o3)C(=O)O2)ccc1OC(F)F. The van der Waals surface area contributed by atoms with Crippen LogP contribution in [0, 0.1) is 10.1 Å². The van der Waals surface area contributed by atoms with Gasteiger partial charge < -0.3 is 18.6 Å². The smallest absolute Gasteiger partial charge is 0.433 e. The maximum absolute atomic E-state index is 12.4. The molecule has 1 aliphatic rings. The molecule has 3 rings (SSSR count). The maximum Gasteiger partial charge on any atom is 0.433 e. The van der Waals surface area contributed by atoms with Crippen LogP contribution in [0.15, 0.2) is 45.4 Å². The zero-order valence-electron chi connectivity index (χ0n) is 13.5. The van der Waals surface area contributed by atoms with Gasteiger partial charge in [-0.05, 0) is 24.3 Å². The molecule has 1 aromatic carbocycles. The van der Waals surface area contributed by atoms with Crippen LogP contribution in [0.4, 0.5) is 14.7 Å². The van der Waals surface area contributed by atoms with E-state index >= 15 is 0 Å². The first-order valence-electron chi connectivity index (χ1n) is 7.27. The van der Waals surface area contributed by atoms with Crippen LogP contribution in [-0.2, 0) is 9.53 Å². The van der Waals surface area contributed by atoms with E-state index in [1.54, 1.807) is 0 Å². The summed E-state index contributed by atoms with van der Waals surface area (Å²) in [5.74, 6) is -1.57. The fraction of sp³-hybridized carbons (Fsp3) is 0.125. The number of furan rings is 1. The predicted octanol–water partition coefficient (Wildman–Crippen LogP) is 3.14. The Balaban J connectivity index is 1.89. The van der Waals surface area contributed by atoms with E-state index in [9.17, 15) is 23.7 Å². The summed E-state index contributed by atoms with van der Waals surface area (Å²) in [5.41, 5.74) is 0.122. The van der Waals surface area contributed by atoms with Gasteiger partial charge in [0.25, 0.3) is 0 Å². The van der Waals surface area contributed by atoms with E-state index in [1.165, 1.54) is 37.5 Å². The molecule has 9 nitrogen and oxygen atoms in total. The lowest BCUT2D eigenvalue weighted by atomic mass is 10.2. The van der Waals surface area contributed by atoms with Gasteiger partial charge in [0.15, 0.2) is 17.2 Å². The van der Waals surface area contributed by atoms with Gasteiger partial charge in [-0.25, -0.2) is 9.79 Å². The van der Waals surface area contributed by atoms with Gasteiger partial charge in [0.1, 0.15) is 10.7 Å². The summed E-state index contributed by atoms with van der Waals surface area (Å²) in [6.45, 7) is -3.03. The van der Waals surface area contributed by atoms with Gasteiger partial charge in [-0.2, -0.15) is 8.78 Å². The van der Waals surface area contributed by atoms with Crippen molar-refractivity contribution in [1.29, 1.82) is 0 Å². The van der Waals surface area contributed by atoms with Crippen molar-refractivity contribution in [3.05, 3.63) is 57.5 Å². The Hall–Kier alpha value is -3.76. The first-order valence-corrected chi connectivity index (χ1v) is 7.27. The molecule has 0 radical (unpaired) electrons. The first kappa shape index (κ1) is 18.0. The summed E-state index contributed by atoms with van der Waals surface area (Å²) in [7, 11) is 1.26. The van der Waals surface area contributed by atoms with Gasteiger partial charge in [0.2, 0.25) is 5.90 Å². The van der Waals surface area contributed by atoms with Crippen molar-refractivity contribution in [3.63, 3.8) is 0 Å². The summed E-state index contributed by atoms with van der Waals surface area (Å²) >= 11 is 0. The standard InChI is InChI=1S/C16H10F2N2O7/c1-24-12-6-8(2-4-11(12)26-16(17)18)14-19-10(15(21)27-14)7-9-3-5-13(25-9)20(22)23/h2-7,16H,1H3/b10-7-. The first-order chi connectivity index (χ1) is 12.9. The average molecular weight is 380 g/mol. The highest BCUT2D eigenvalue weighted by atomic mass is 19.3. The molecular weight excluding hydrogens is 370 g/mol. The molecule has 0 fully saturated rings. The predicted molar refractivity (Wildman–Crippen MR) is 85.6 cm³/mol. The number of ether oxygens (including phenoxy) is 3. The summed E-state index contributed by atoms with van der Waals surface area (Å²) in [6, 6.07) is 6.31. The molecule has 140 valence electrons.